The van der Waals surface area contributed by atoms with Crippen molar-refractivity contribution in [3.63, 3.8) is 0 Å². The number of ether oxygens (including phenoxy) is 1. The Morgan fingerprint density at radius 2 is 1.76 bits per heavy atom. The predicted molar refractivity (Wildman–Crippen MR) is 99.6 cm³/mol. The van der Waals surface area contributed by atoms with E-state index in [0.29, 0.717) is 12.3 Å². The molecule has 0 aliphatic carbocycles. The quantitative estimate of drug-likeness (QED) is 0.782. The first kappa shape index (κ1) is 17.5. The third-order valence-corrected chi connectivity index (χ3v) is 4.58. The highest BCUT2D eigenvalue weighted by atomic mass is 16.5. The molecule has 1 heterocycles. The smallest absolute Gasteiger partial charge is 0.242 e. The van der Waals surface area contributed by atoms with E-state index in [1.165, 1.54) is 5.56 Å². The summed E-state index contributed by atoms with van der Waals surface area (Å²) in [5.74, 6) is 1.28. The van der Waals surface area contributed by atoms with Gasteiger partial charge in [0, 0.05) is 11.7 Å². The van der Waals surface area contributed by atoms with E-state index in [2.05, 4.69) is 42.1 Å². The van der Waals surface area contributed by atoms with Crippen molar-refractivity contribution in [2.75, 3.05) is 12.4 Å². The summed E-state index contributed by atoms with van der Waals surface area (Å²) in [7, 11) is 1.65. The minimum atomic E-state index is -0.267. The zero-order chi connectivity index (χ0) is 17.8. The molecule has 2 unspecified atom stereocenters. The maximum absolute atomic E-state index is 12.5. The second kappa shape index (κ2) is 7.68. The van der Waals surface area contributed by atoms with Gasteiger partial charge in [0.05, 0.1) is 7.11 Å². The van der Waals surface area contributed by atoms with Crippen LogP contribution in [-0.4, -0.2) is 19.1 Å². The molecule has 3 rings (SSSR count). The monoisotopic (exact) mass is 339 g/mol. The lowest BCUT2D eigenvalue weighted by atomic mass is 10.0. The Hall–Kier alpha value is -2.37. The molecule has 132 valence electrons. The lowest BCUT2D eigenvalue weighted by Crippen LogP contribution is -2.39. The summed E-state index contributed by atoms with van der Waals surface area (Å²) < 4.78 is 5.18. The standard InChI is InChI=1S/C20H25N3O2/c1-13(2)14-4-8-16(9-5-14)21-20(24)19-12-18(22-23-19)15-6-10-17(25-3)11-7-15/h4-11,13,18-19,22-23H,12H2,1-3H3,(H,21,24). The van der Waals surface area contributed by atoms with Crippen molar-refractivity contribution < 1.29 is 9.53 Å². The van der Waals surface area contributed by atoms with Gasteiger partial charge in [0.1, 0.15) is 11.8 Å². The number of nitrogens with one attached hydrogen (secondary N) is 3. The minimum absolute atomic E-state index is 0.0270. The maximum Gasteiger partial charge on any atom is 0.242 e. The van der Waals surface area contributed by atoms with E-state index in [-0.39, 0.29) is 18.0 Å². The summed E-state index contributed by atoms with van der Waals surface area (Å²) >= 11 is 0. The molecule has 1 fully saturated rings. The Kier molecular flexibility index (Phi) is 5.36. The van der Waals surface area contributed by atoms with Crippen molar-refractivity contribution >= 4 is 11.6 Å². The number of hydrazine groups is 1. The molecule has 0 aromatic heterocycles. The van der Waals surface area contributed by atoms with Crippen LogP contribution in [0.3, 0.4) is 0 Å². The summed E-state index contributed by atoms with van der Waals surface area (Å²) in [6.07, 6.45) is 0.697. The van der Waals surface area contributed by atoms with Crippen LogP contribution in [0.15, 0.2) is 48.5 Å². The fraction of sp³-hybridized carbons (Fsp3) is 0.350. The van der Waals surface area contributed by atoms with E-state index < -0.39 is 0 Å². The Bertz CT molecular complexity index is 711. The van der Waals surface area contributed by atoms with Gasteiger partial charge in [-0.2, -0.15) is 0 Å². The van der Waals surface area contributed by atoms with E-state index in [1.54, 1.807) is 7.11 Å². The summed E-state index contributed by atoms with van der Waals surface area (Å²) in [5, 5.41) is 2.98. The Balaban J connectivity index is 1.58. The first-order valence-corrected chi connectivity index (χ1v) is 8.62. The van der Waals surface area contributed by atoms with Gasteiger partial charge in [0.25, 0.3) is 0 Å². The van der Waals surface area contributed by atoms with Gasteiger partial charge in [0.15, 0.2) is 0 Å². The summed E-state index contributed by atoms with van der Waals surface area (Å²) in [6.45, 7) is 4.31. The minimum Gasteiger partial charge on any atom is -0.497 e. The molecule has 1 aliphatic rings. The topological polar surface area (TPSA) is 62.4 Å². The van der Waals surface area contributed by atoms with Crippen molar-refractivity contribution in [3.05, 3.63) is 59.7 Å². The highest BCUT2D eigenvalue weighted by molar-refractivity contribution is 5.95. The summed E-state index contributed by atoms with van der Waals surface area (Å²) in [5.41, 5.74) is 9.50. The molecular formula is C20H25N3O2. The molecule has 0 radical (unpaired) electrons. The van der Waals surface area contributed by atoms with Gasteiger partial charge in [-0.15, -0.1) is 0 Å². The molecule has 2 atom stereocenters. The van der Waals surface area contributed by atoms with Crippen LogP contribution in [0.1, 0.15) is 43.4 Å². The molecule has 1 amide bonds. The number of carbonyl (C=O) groups excluding carboxylic acids is 1. The molecule has 25 heavy (non-hydrogen) atoms. The summed E-state index contributed by atoms with van der Waals surface area (Å²) in [6, 6.07) is 15.8. The zero-order valence-electron chi connectivity index (χ0n) is 14.9. The molecule has 0 spiro atoms. The third kappa shape index (κ3) is 4.18. The van der Waals surface area contributed by atoms with Gasteiger partial charge in [-0.25, -0.2) is 10.9 Å². The molecular weight excluding hydrogens is 314 g/mol. The molecule has 0 saturated carbocycles. The molecule has 2 aromatic rings. The van der Waals surface area contributed by atoms with Crippen LogP contribution in [-0.2, 0) is 4.79 Å². The number of methoxy groups -OCH3 is 1. The van der Waals surface area contributed by atoms with Crippen molar-refractivity contribution in [1.29, 1.82) is 0 Å². The lowest BCUT2D eigenvalue weighted by Gasteiger charge is -2.12. The third-order valence-electron chi connectivity index (χ3n) is 4.58. The normalized spacial score (nSPS) is 19.8. The second-order valence-corrected chi connectivity index (χ2v) is 6.67. The number of amides is 1. The fourth-order valence-corrected chi connectivity index (χ4v) is 2.96. The molecule has 1 saturated heterocycles. The van der Waals surface area contributed by atoms with Gasteiger partial charge in [0.2, 0.25) is 5.91 Å². The number of hydrogen-bond donors (Lipinski definition) is 3. The second-order valence-electron chi connectivity index (χ2n) is 6.67. The Labute approximate surface area is 148 Å². The van der Waals surface area contributed by atoms with Crippen molar-refractivity contribution in [3.8, 4) is 5.75 Å². The Morgan fingerprint density at radius 1 is 1.08 bits per heavy atom. The van der Waals surface area contributed by atoms with Crippen LogP contribution < -0.4 is 20.9 Å². The maximum atomic E-state index is 12.5. The van der Waals surface area contributed by atoms with Gasteiger partial charge >= 0.3 is 0 Å². The molecule has 0 bridgehead atoms. The van der Waals surface area contributed by atoms with Crippen molar-refractivity contribution in [1.82, 2.24) is 10.9 Å². The van der Waals surface area contributed by atoms with E-state index in [1.807, 2.05) is 36.4 Å². The van der Waals surface area contributed by atoms with Crippen molar-refractivity contribution in [2.24, 2.45) is 0 Å². The van der Waals surface area contributed by atoms with Crippen LogP contribution >= 0.6 is 0 Å². The van der Waals surface area contributed by atoms with Crippen LogP contribution in [0.5, 0.6) is 5.75 Å². The van der Waals surface area contributed by atoms with Gasteiger partial charge in [-0.05, 0) is 47.7 Å². The van der Waals surface area contributed by atoms with Gasteiger partial charge < -0.3 is 10.1 Å². The number of hydrogen-bond acceptors (Lipinski definition) is 4. The number of benzene rings is 2. The molecule has 2 aromatic carbocycles. The number of carbonyl (C=O) groups is 1. The molecule has 1 aliphatic heterocycles. The molecule has 5 heteroatoms. The van der Waals surface area contributed by atoms with Crippen LogP contribution in [0.2, 0.25) is 0 Å². The first-order chi connectivity index (χ1) is 12.1. The molecule has 3 N–H and O–H groups in total. The van der Waals surface area contributed by atoms with E-state index >= 15 is 0 Å². The zero-order valence-corrected chi connectivity index (χ0v) is 14.9. The SMILES string of the molecule is COc1ccc(C2CC(C(=O)Nc3ccc(C(C)C)cc3)NN2)cc1. The number of rotatable bonds is 5. The average molecular weight is 339 g/mol. The van der Waals surface area contributed by atoms with E-state index in [9.17, 15) is 4.79 Å². The van der Waals surface area contributed by atoms with E-state index in [0.717, 1.165) is 17.0 Å². The van der Waals surface area contributed by atoms with Crippen LogP contribution in [0, 0.1) is 0 Å². The highest BCUT2D eigenvalue weighted by Gasteiger charge is 2.30. The van der Waals surface area contributed by atoms with Crippen LogP contribution in [0.25, 0.3) is 0 Å². The molecule has 5 nitrogen and oxygen atoms in total. The lowest BCUT2D eigenvalue weighted by molar-refractivity contribution is -0.117. The summed E-state index contributed by atoms with van der Waals surface area (Å²) in [4.78, 5) is 12.5. The van der Waals surface area contributed by atoms with Gasteiger partial charge in [-0.3, -0.25) is 4.79 Å². The van der Waals surface area contributed by atoms with Crippen LogP contribution in [0.4, 0.5) is 5.69 Å². The van der Waals surface area contributed by atoms with Crippen molar-refractivity contribution in [2.45, 2.75) is 38.3 Å². The first-order valence-electron chi connectivity index (χ1n) is 8.62. The number of anilines is 1. The predicted octanol–water partition coefficient (Wildman–Crippen LogP) is 3.36. The Morgan fingerprint density at radius 3 is 2.36 bits per heavy atom. The van der Waals surface area contributed by atoms with Gasteiger partial charge in [-0.1, -0.05) is 38.1 Å². The average Bonchev–Trinajstić information content (AvgIpc) is 3.12. The highest BCUT2D eigenvalue weighted by Crippen LogP contribution is 2.25. The van der Waals surface area contributed by atoms with E-state index in [4.69, 9.17) is 4.74 Å². The largest absolute Gasteiger partial charge is 0.497 e. The fourth-order valence-electron chi connectivity index (χ4n) is 2.96.